The maximum Gasteiger partial charge on any atom is 0.153 e. The summed E-state index contributed by atoms with van der Waals surface area (Å²) in [7, 11) is 0. The van der Waals surface area contributed by atoms with Crippen LogP contribution in [0.5, 0.6) is 5.75 Å². The van der Waals surface area contributed by atoms with Crippen molar-refractivity contribution in [3.05, 3.63) is 43.8 Å². The zero-order valence-electron chi connectivity index (χ0n) is 9.14. The Balaban J connectivity index is 1.95. The van der Waals surface area contributed by atoms with Crippen LogP contribution in [0.1, 0.15) is 29.2 Å². The third kappa shape index (κ3) is 2.28. The summed E-state index contributed by atoms with van der Waals surface area (Å²) < 4.78 is 7.43. The second kappa shape index (κ2) is 4.81. The van der Waals surface area contributed by atoms with Crippen LogP contribution in [0.4, 0.5) is 0 Å². The Bertz CT molecular complexity index is 589. The first-order valence-corrected chi connectivity index (χ1v) is 7.37. The largest absolute Gasteiger partial charge is 0.483 e. The van der Waals surface area contributed by atoms with Crippen molar-refractivity contribution in [2.75, 3.05) is 0 Å². The smallest absolute Gasteiger partial charge is 0.153 e. The number of aliphatic hydroxyl groups excluding tert-OH is 1. The van der Waals surface area contributed by atoms with Crippen LogP contribution in [0.3, 0.4) is 0 Å². The standard InChI is InChI=1S/C12H9BrClNO2S/c13-6-1-2-7-8(16)4-10(17-9(7)3-6)12-15-5-11(14)18-12/h1-3,5,8,10,16H,4H2/t8-,10?/m0/s1. The van der Waals surface area contributed by atoms with Crippen LogP contribution in [0.25, 0.3) is 0 Å². The van der Waals surface area contributed by atoms with Crippen LogP contribution >= 0.6 is 38.9 Å². The molecule has 2 atom stereocenters. The molecule has 0 bridgehead atoms. The third-order valence-corrected chi connectivity index (χ3v) is 4.51. The molecule has 1 aliphatic heterocycles. The molecule has 0 spiro atoms. The van der Waals surface area contributed by atoms with Crippen molar-refractivity contribution in [3.63, 3.8) is 0 Å². The van der Waals surface area contributed by atoms with Crippen molar-refractivity contribution in [1.29, 1.82) is 0 Å². The summed E-state index contributed by atoms with van der Waals surface area (Å²) >= 11 is 10.6. The summed E-state index contributed by atoms with van der Waals surface area (Å²) in [5, 5.41) is 10.9. The fourth-order valence-corrected chi connectivity index (χ4v) is 3.30. The second-order valence-corrected chi connectivity index (χ2v) is 6.65. The first-order valence-electron chi connectivity index (χ1n) is 5.39. The van der Waals surface area contributed by atoms with Gasteiger partial charge in [-0.05, 0) is 12.1 Å². The maximum atomic E-state index is 10.1. The Morgan fingerprint density at radius 2 is 2.33 bits per heavy atom. The number of hydrogen-bond donors (Lipinski definition) is 1. The van der Waals surface area contributed by atoms with E-state index in [1.807, 2.05) is 18.2 Å². The van der Waals surface area contributed by atoms with Gasteiger partial charge >= 0.3 is 0 Å². The molecule has 2 heterocycles. The number of hydrogen-bond acceptors (Lipinski definition) is 4. The Morgan fingerprint density at radius 1 is 1.50 bits per heavy atom. The molecule has 0 fully saturated rings. The van der Waals surface area contributed by atoms with Crippen LogP contribution in [0.2, 0.25) is 4.34 Å². The van der Waals surface area contributed by atoms with E-state index in [2.05, 4.69) is 20.9 Å². The predicted octanol–water partition coefficient (Wildman–Crippen LogP) is 4.12. The molecule has 1 unspecified atom stereocenters. The Morgan fingerprint density at radius 3 is 3.06 bits per heavy atom. The van der Waals surface area contributed by atoms with Gasteiger partial charge in [0.1, 0.15) is 15.1 Å². The average molecular weight is 347 g/mol. The van der Waals surface area contributed by atoms with Gasteiger partial charge in [-0.1, -0.05) is 33.6 Å². The highest BCUT2D eigenvalue weighted by molar-refractivity contribution is 9.10. The van der Waals surface area contributed by atoms with Crippen LogP contribution < -0.4 is 4.74 Å². The van der Waals surface area contributed by atoms with Gasteiger partial charge in [0.15, 0.2) is 6.10 Å². The molecule has 1 aromatic heterocycles. The van der Waals surface area contributed by atoms with E-state index in [0.29, 0.717) is 16.5 Å². The van der Waals surface area contributed by atoms with Gasteiger partial charge in [-0.15, -0.1) is 11.3 Å². The number of ether oxygens (including phenoxy) is 1. The number of halogens is 2. The minimum absolute atomic E-state index is 0.237. The van der Waals surface area contributed by atoms with Crippen LogP contribution in [-0.2, 0) is 0 Å². The first-order chi connectivity index (χ1) is 8.63. The highest BCUT2D eigenvalue weighted by Crippen LogP contribution is 2.42. The lowest BCUT2D eigenvalue weighted by Crippen LogP contribution is -2.18. The lowest BCUT2D eigenvalue weighted by Gasteiger charge is -2.28. The zero-order valence-corrected chi connectivity index (χ0v) is 12.3. The monoisotopic (exact) mass is 345 g/mol. The van der Waals surface area contributed by atoms with Crippen LogP contribution in [0.15, 0.2) is 28.9 Å². The molecule has 1 aromatic carbocycles. The molecule has 2 aromatic rings. The number of fused-ring (bicyclic) bond motifs is 1. The number of rotatable bonds is 1. The fraction of sp³-hybridized carbons (Fsp3) is 0.250. The van der Waals surface area contributed by atoms with Gasteiger partial charge < -0.3 is 9.84 Å². The van der Waals surface area contributed by atoms with E-state index in [1.165, 1.54) is 11.3 Å². The molecule has 0 saturated carbocycles. The summed E-state index contributed by atoms with van der Waals surface area (Å²) in [5.74, 6) is 0.694. The number of thiazole rings is 1. The quantitative estimate of drug-likeness (QED) is 0.844. The SMILES string of the molecule is O[C@H]1CC(c2ncc(Cl)s2)Oc2cc(Br)ccc21. The van der Waals surface area contributed by atoms with Crippen molar-refractivity contribution in [1.82, 2.24) is 4.98 Å². The second-order valence-electron chi connectivity index (χ2n) is 4.04. The maximum absolute atomic E-state index is 10.1. The van der Waals surface area contributed by atoms with E-state index in [9.17, 15) is 5.11 Å². The molecule has 0 aliphatic carbocycles. The van der Waals surface area contributed by atoms with E-state index in [-0.39, 0.29) is 6.10 Å². The molecular formula is C12H9BrClNO2S. The molecule has 3 rings (SSSR count). The summed E-state index contributed by atoms with van der Waals surface area (Å²) in [4.78, 5) is 4.21. The first kappa shape index (κ1) is 12.4. The fourth-order valence-electron chi connectivity index (χ4n) is 1.98. The summed E-state index contributed by atoms with van der Waals surface area (Å²) in [6, 6.07) is 5.63. The number of aliphatic hydroxyl groups is 1. The van der Waals surface area contributed by atoms with E-state index in [1.54, 1.807) is 6.20 Å². The Hall–Kier alpha value is -0.620. The lowest BCUT2D eigenvalue weighted by atomic mass is 9.99. The van der Waals surface area contributed by atoms with Crippen molar-refractivity contribution >= 4 is 38.9 Å². The molecule has 18 heavy (non-hydrogen) atoms. The van der Waals surface area contributed by atoms with Gasteiger partial charge in [0.2, 0.25) is 0 Å². The van der Waals surface area contributed by atoms with E-state index < -0.39 is 6.10 Å². The van der Waals surface area contributed by atoms with E-state index in [0.717, 1.165) is 15.0 Å². The topological polar surface area (TPSA) is 42.4 Å². The van der Waals surface area contributed by atoms with Crippen LogP contribution in [-0.4, -0.2) is 10.1 Å². The third-order valence-electron chi connectivity index (χ3n) is 2.81. The Kier molecular flexibility index (Phi) is 3.32. The molecular weight excluding hydrogens is 338 g/mol. The minimum atomic E-state index is -0.533. The number of benzene rings is 1. The summed E-state index contributed by atoms with van der Waals surface area (Å²) in [6.07, 6.45) is 1.33. The lowest BCUT2D eigenvalue weighted by molar-refractivity contribution is 0.0655. The van der Waals surface area contributed by atoms with Gasteiger partial charge in [-0.2, -0.15) is 0 Å². The predicted molar refractivity (Wildman–Crippen MR) is 74.2 cm³/mol. The van der Waals surface area contributed by atoms with Gasteiger partial charge in [0.05, 0.1) is 12.3 Å². The van der Waals surface area contributed by atoms with E-state index in [4.69, 9.17) is 16.3 Å². The van der Waals surface area contributed by atoms with Crippen molar-refractivity contribution in [3.8, 4) is 5.75 Å². The molecule has 0 saturated heterocycles. The number of aromatic nitrogens is 1. The van der Waals surface area contributed by atoms with Crippen molar-refractivity contribution in [2.24, 2.45) is 0 Å². The minimum Gasteiger partial charge on any atom is -0.483 e. The summed E-state index contributed by atoms with van der Waals surface area (Å²) in [6.45, 7) is 0. The van der Waals surface area contributed by atoms with Crippen molar-refractivity contribution in [2.45, 2.75) is 18.6 Å². The molecule has 3 nitrogen and oxygen atoms in total. The normalized spacial score (nSPS) is 22.4. The summed E-state index contributed by atoms with van der Waals surface area (Å²) in [5.41, 5.74) is 0.817. The molecule has 0 radical (unpaired) electrons. The van der Waals surface area contributed by atoms with E-state index >= 15 is 0 Å². The molecule has 6 heteroatoms. The molecule has 94 valence electrons. The number of nitrogens with zero attached hydrogens (tertiary/aromatic N) is 1. The van der Waals surface area contributed by atoms with Crippen LogP contribution in [0, 0.1) is 0 Å². The van der Waals surface area contributed by atoms with Gasteiger partial charge in [-0.3, -0.25) is 0 Å². The molecule has 1 N–H and O–H groups in total. The Labute approximate surface area is 122 Å². The highest BCUT2D eigenvalue weighted by Gasteiger charge is 2.29. The highest BCUT2D eigenvalue weighted by atomic mass is 79.9. The molecule has 1 aliphatic rings. The zero-order chi connectivity index (χ0) is 12.7. The van der Waals surface area contributed by atoms with Gasteiger partial charge in [-0.25, -0.2) is 4.98 Å². The van der Waals surface area contributed by atoms with Gasteiger partial charge in [0, 0.05) is 16.5 Å². The average Bonchev–Trinajstić information content (AvgIpc) is 2.75. The molecule has 0 amide bonds. The van der Waals surface area contributed by atoms with Gasteiger partial charge in [0.25, 0.3) is 0 Å². The van der Waals surface area contributed by atoms with Crippen molar-refractivity contribution < 1.29 is 9.84 Å².